The molecule has 0 spiro atoms. The summed E-state index contributed by atoms with van der Waals surface area (Å²) in [6, 6.07) is 21.3. The van der Waals surface area contributed by atoms with Gasteiger partial charge in [-0.25, -0.2) is 0 Å². The van der Waals surface area contributed by atoms with Crippen LogP contribution in [-0.2, 0) is 18.7 Å². The lowest BCUT2D eigenvalue weighted by Crippen LogP contribution is -2.67. The van der Waals surface area contributed by atoms with E-state index in [-0.39, 0.29) is 22.5 Å². The van der Waals surface area contributed by atoms with Gasteiger partial charge in [-0.15, -0.1) is 0 Å². The zero-order chi connectivity index (χ0) is 21.8. The molecule has 0 unspecified atom stereocenters. The normalized spacial score (nSPS) is 19.9. The molecule has 0 aromatic heterocycles. The maximum atomic E-state index is 11.6. The van der Waals surface area contributed by atoms with Gasteiger partial charge in [0.05, 0.1) is 20.3 Å². The zero-order valence-electron chi connectivity index (χ0n) is 18.8. The van der Waals surface area contributed by atoms with Gasteiger partial charge < -0.3 is 13.9 Å². The Morgan fingerprint density at radius 1 is 1.07 bits per heavy atom. The largest absolute Gasteiger partial charge is 0.469 e. The highest BCUT2D eigenvalue weighted by Crippen LogP contribution is 2.42. The van der Waals surface area contributed by atoms with Gasteiger partial charge in [-0.05, 0) is 27.8 Å². The Kier molecular flexibility index (Phi) is 6.85. The lowest BCUT2D eigenvalue weighted by molar-refractivity contribution is -0.141. The summed E-state index contributed by atoms with van der Waals surface area (Å²) in [5.74, 6) is 0.0420. The first-order valence-electron chi connectivity index (χ1n) is 10.7. The average molecular weight is 427 g/mol. The summed E-state index contributed by atoms with van der Waals surface area (Å²) in [6.07, 6.45) is 1.14. The van der Waals surface area contributed by atoms with Crippen molar-refractivity contribution in [3.8, 4) is 0 Å². The van der Waals surface area contributed by atoms with Crippen molar-refractivity contribution in [2.24, 2.45) is 5.92 Å². The van der Waals surface area contributed by atoms with Gasteiger partial charge in [-0.3, -0.25) is 4.79 Å². The first kappa shape index (κ1) is 22.7. The van der Waals surface area contributed by atoms with E-state index in [1.807, 2.05) is 0 Å². The molecule has 3 rings (SSSR count). The molecule has 1 aliphatic rings. The number of carbonyl (C=O) groups is 1. The Hall–Kier alpha value is -1.95. The molecule has 0 saturated carbocycles. The van der Waals surface area contributed by atoms with Crippen molar-refractivity contribution in [3.05, 3.63) is 60.7 Å². The van der Waals surface area contributed by atoms with Crippen molar-refractivity contribution in [1.82, 2.24) is 0 Å². The third kappa shape index (κ3) is 4.53. The summed E-state index contributed by atoms with van der Waals surface area (Å²) in [6.45, 7) is 10.2. The van der Waals surface area contributed by atoms with Crippen LogP contribution in [0.15, 0.2) is 60.7 Å². The van der Waals surface area contributed by atoms with Crippen LogP contribution in [0, 0.1) is 5.92 Å². The van der Waals surface area contributed by atoms with Crippen LogP contribution in [0.5, 0.6) is 0 Å². The Morgan fingerprint density at radius 3 is 1.97 bits per heavy atom. The van der Waals surface area contributed by atoms with Crippen LogP contribution in [0.2, 0.25) is 5.04 Å². The van der Waals surface area contributed by atoms with E-state index in [4.69, 9.17) is 13.9 Å². The van der Waals surface area contributed by atoms with Crippen LogP contribution < -0.4 is 10.4 Å². The summed E-state index contributed by atoms with van der Waals surface area (Å²) in [5.41, 5.74) is -0.318. The van der Waals surface area contributed by atoms with Gasteiger partial charge in [0.1, 0.15) is 5.60 Å². The molecule has 1 fully saturated rings. The van der Waals surface area contributed by atoms with E-state index >= 15 is 0 Å². The molecule has 0 radical (unpaired) electrons. The van der Waals surface area contributed by atoms with Crippen molar-refractivity contribution in [2.45, 2.75) is 51.2 Å². The predicted octanol–water partition coefficient (Wildman–Crippen LogP) is 3.92. The highest BCUT2D eigenvalue weighted by molar-refractivity contribution is 6.99. The van der Waals surface area contributed by atoms with Gasteiger partial charge in [0.25, 0.3) is 8.32 Å². The molecule has 162 valence electrons. The predicted molar refractivity (Wildman–Crippen MR) is 123 cm³/mol. The minimum atomic E-state index is -2.59. The van der Waals surface area contributed by atoms with Crippen molar-refractivity contribution < 1.29 is 18.7 Å². The molecule has 2 atom stereocenters. The van der Waals surface area contributed by atoms with E-state index in [0.29, 0.717) is 19.6 Å². The molecule has 2 aromatic rings. The minimum absolute atomic E-state index is 0.0684. The topological polar surface area (TPSA) is 48.1 Å². The average Bonchev–Trinajstić information content (AvgIpc) is 3.54. The molecule has 0 bridgehead atoms. The molecule has 0 amide bonds. The molecule has 1 heterocycles. The number of benzene rings is 2. The molecule has 30 heavy (non-hydrogen) atoms. The summed E-state index contributed by atoms with van der Waals surface area (Å²) in [7, 11) is -1.16. The van der Waals surface area contributed by atoms with Gasteiger partial charge >= 0.3 is 5.97 Å². The molecule has 5 heteroatoms. The fraction of sp³-hybridized carbons (Fsp3) is 0.480. The second-order valence-corrected chi connectivity index (χ2v) is 13.6. The van der Waals surface area contributed by atoms with Crippen molar-refractivity contribution in [2.75, 3.05) is 20.3 Å². The molecule has 4 nitrogen and oxygen atoms in total. The quantitative estimate of drug-likeness (QED) is 0.346. The van der Waals surface area contributed by atoms with Crippen LogP contribution in [0.4, 0.5) is 0 Å². The van der Waals surface area contributed by atoms with E-state index in [1.165, 1.54) is 17.5 Å². The van der Waals surface area contributed by atoms with E-state index in [0.717, 1.165) is 6.42 Å². The van der Waals surface area contributed by atoms with Gasteiger partial charge in [0.2, 0.25) is 0 Å². The number of epoxide rings is 1. The Morgan fingerprint density at radius 2 is 1.57 bits per heavy atom. The number of rotatable bonds is 9. The van der Waals surface area contributed by atoms with Crippen LogP contribution in [0.1, 0.15) is 40.5 Å². The maximum Gasteiger partial charge on any atom is 0.305 e. The first-order chi connectivity index (χ1) is 14.2. The molecule has 1 aliphatic heterocycles. The molecule has 0 N–H and O–H groups in total. The number of ether oxygens (including phenoxy) is 2. The number of methoxy groups -OCH3 is 1. The van der Waals surface area contributed by atoms with Crippen LogP contribution in [-0.4, -0.2) is 40.2 Å². The smallest absolute Gasteiger partial charge is 0.305 e. The highest BCUT2D eigenvalue weighted by atomic mass is 28.4. The lowest BCUT2D eigenvalue weighted by atomic mass is 9.91. The van der Waals surface area contributed by atoms with Gasteiger partial charge in [0, 0.05) is 6.42 Å². The summed E-state index contributed by atoms with van der Waals surface area (Å²) < 4.78 is 17.8. The third-order valence-electron chi connectivity index (χ3n) is 6.37. The molecular weight excluding hydrogens is 392 g/mol. The fourth-order valence-corrected chi connectivity index (χ4v) is 8.91. The Bertz CT molecular complexity index is 786. The summed E-state index contributed by atoms with van der Waals surface area (Å²) >= 11 is 0. The number of hydrogen-bond donors (Lipinski definition) is 0. The van der Waals surface area contributed by atoms with Crippen LogP contribution in [0.3, 0.4) is 0 Å². The van der Waals surface area contributed by atoms with E-state index in [1.54, 1.807) is 0 Å². The van der Waals surface area contributed by atoms with Crippen molar-refractivity contribution in [3.63, 3.8) is 0 Å². The van der Waals surface area contributed by atoms with E-state index in [2.05, 4.69) is 88.4 Å². The Labute approximate surface area is 181 Å². The second-order valence-electron chi connectivity index (χ2n) is 9.32. The SMILES string of the molecule is COC(=O)CC[C@@H](C)[C@]1(CO[Si](c2ccccc2)(c2ccccc2)C(C)(C)C)CO1. The van der Waals surface area contributed by atoms with E-state index < -0.39 is 8.32 Å². The monoisotopic (exact) mass is 426 g/mol. The molecule has 0 aliphatic carbocycles. The highest BCUT2D eigenvalue weighted by Gasteiger charge is 2.55. The molecule has 1 saturated heterocycles. The van der Waals surface area contributed by atoms with Crippen molar-refractivity contribution in [1.29, 1.82) is 0 Å². The summed E-state index contributed by atoms with van der Waals surface area (Å²) in [5, 5.41) is 2.46. The van der Waals surface area contributed by atoms with Crippen LogP contribution >= 0.6 is 0 Å². The number of esters is 1. The number of carbonyl (C=O) groups excluding carboxylic acids is 1. The van der Waals surface area contributed by atoms with Crippen LogP contribution in [0.25, 0.3) is 0 Å². The fourth-order valence-electron chi connectivity index (χ4n) is 4.29. The Balaban J connectivity index is 1.92. The van der Waals surface area contributed by atoms with Gasteiger partial charge in [-0.1, -0.05) is 88.4 Å². The standard InChI is InChI=1S/C25H34O4Si/c1-20(16-17-23(26)27-5)25(18-28-25)19-29-30(24(2,3)4,21-12-8-6-9-13-21)22-14-10-7-11-15-22/h6-15,20H,16-19H2,1-5H3/t20-,25-/m1/s1. The lowest BCUT2D eigenvalue weighted by Gasteiger charge is -2.43. The number of hydrogen-bond acceptors (Lipinski definition) is 4. The molecule has 2 aromatic carbocycles. The first-order valence-corrected chi connectivity index (χ1v) is 12.6. The van der Waals surface area contributed by atoms with Crippen molar-refractivity contribution >= 4 is 24.7 Å². The maximum absolute atomic E-state index is 11.6. The van der Waals surface area contributed by atoms with E-state index in [9.17, 15) is 4.79 Å². The van der Waals surface area contributed by atoms with Gasteiger partial charge in [0.15, 0.2) is 0 Å². The second kappa shape index (κ2) is 9.04. The molecular formula is C25H34O4Si. The third-order valence-corrected chi connectivity index (χ3v) is 11.4. The summed E-state index contributed by atoms with van der Waals surface area (Å²) in [4.78, 5) is 11.6. The minimum Gasteiger partial charge on any atom is -0.469 e. The zero-order valence-corrected chi connectivity index (χ0v) is 19.8. The van der Waals surface area contributed by atoms with Gasteiger partial charge in [-0.2, -0.15) is 0 Å².